The Hall–Kier alpha value is -0.740. The maximum absolute atomic E-state index is 12.3. The third-order valence-electron chi connectivity index (χ3n) is 14.8. The molecule has 0 bridgehead atoms. The summed E-state index contributed by atoms with van der Waals surface area (Å²) < 4.78 is 36.8. The minimum Gasteiger partial charge on any atom is -0.393 e. The van der Waals surface area contributed by atoms with Crippen LogP contribution in [0.1, 0.15) is 112 Å². The molecular weight excluding hydrogens is 660 g/mol. The second kappa shape index (κ2) is 14.4. The summed E-state index contributed by atoms with van der Waals surface area (Å²) in [7, 11) is 0. The van der Waals surface area contributed by atoms with Crippen LogP contribution in [0.15, 0.2) is 11.6 Å². The van der Waals surface area contributed by atoms with Crippen LogP contribution in [0, 0.1) is 28.6 Å². The predicted molar refractivity (Wildman–Crippen MR) is 184 cm³/mol. The fourth-order valence-electron chi connectivity index (χ4n) is 11.8. The number of hydrogen-bond acceptors (Lipinski definition) is 12. The molecule has 12 nitrogen and oxygen atoms in total. The van der Waals surface area contributed by atoms with Crippen LogP contribution >= 0.6 is 0 Å². The van der Waals surface area contributed by atoms with Crippen molar-refractivity contribution in [2.24, 2.45) is 28.6 Å². The van der Waals surface area contributed by atoms with Crippen molar-refractivity contribution < 1.29 is 59.1 Å². The molecule has 20 atom stereocenters. The highest BCUT2D eigenvalue weighted by molar-refractivity contribution is 5.28. The first kappa shape index (κ1) is 38.5. The van der Waals surface area contributed by atoms with E-state index in [4.69, 9.17) is 28.4 Å². The fourth-order valence-corrected chi connectivity index (χ4v) is 11.8. The Kier molecular flexibility index (Phi) is 10.9. The third kappa shape index (κ3) is 6.79. The number of rotatable bonds is 7. The van der Waals surface area contributed by atoms with E-state index in [0.29, 0.717) is 5.92 Å². The molecule has 3 aliphatic heterocycles. The summed E-state index contributed by atoms with van der Waals surface area (Å²) in [5.41, 5.74) is 0.439. The van der Waals surface area contributed by atoms with E-state index in [1.807, 2.05) is 13.8 Å². The van der Waals surface area contributed by atoms with E-state index in [0.717, 1.165) is 51.4 Å². The Morgan fingerprint density at radius 3 is 1.86 bits per heavy atom. The average Bonchev–Trinajstić information content (AvgIpc) is 3.34. The lowest BCUT2D eigenvalue weighted by Crippen LogP contribution is -2.61. The van der Waals surface area contributed by atoms with Gasteiger partial charge in [0.05, 0.1) is 54.4 Å². The van der Waals surface area contributed by atoms with Crippen molar-refractivity contribution in [3.8, 4) is 0 Å². The van der Waals surface area contributed by atoms with Gasteiger partial charge >= 0.3 is 0 Å². The van der Waals surface area contributed by atoms with Gasteiger partial charge in [-0.3, -0.25) is 0 Å². The summed E-state index contributed by atoms with van der Waals surface area (Å²) in [4.78, 5) is 0. The molecule has 3 saturated carbocycles. The molecule has 292 valence electrons. The first-order chi connectivity index (χ1) is 24.0. The lowest BCUT2D eigenvalue weighted by Gasteiger charge is -2.61. The lowest BCUT2D eigenvalue weighted by atomic mass is 9.45. The van der Waals surface area contributed by atoms with Crippen molar-refractivity contribution >= 4 is 0 Å². The van der Waals surface area contributed by atoms with Gasteiger partial charge in [-0.2, -0.15) is 0 Å². The van der Waals surface area contributed by atoms with Crippen LogP contribution in [-0.4, -0.2) is 122 Å². The smallest absolute Gasteiger partial charge is 0.161 e. The van der Waals surface area contributed by atoms with Gasteiger partial charge in [0, 0.05) is 24.7 Å². The standard InChI is InChI=1S/C39H64O12/c1-19(40)25-11-14-39(45)27-8-7-23-15-24(9-12-37(23,5)26(27)10-13-38(25,39)6)49-31-17-29(42)35(21(3)47-31)51-33-18-30(43)36(22(4)48-33)50-32-16-28(41)34(44)20(2)46-32/h7,19-22,24-36,40-45H,8-18H2,1-6H3/t19-,20+,21+,22+,24-,25+,26-,27+,28-,29-,30-,31-,32-,33-,34+,35+,36+,37-,38+,39-/m0/s1. The van der Waals surface area contributed by atoms with Gasteiger partial charge in [-0.15, -0.1) is 0 Å². The van der Waals surface area contributed by atoms with E-state index >= 15 is 0 Å². The first-order valence-electron chi connectivity index (χ1n) is 19.8. The molecule has 12 heteroatoms. The Balaban J connectivity index is 0.912. The molecule has 0 aromatic heterocycles. The monoisotopic (exact) mass is 724 g/mol. The molecule has 0 aromatic carbocycles. The second-order valence-electron chi connectivity index (χ2n) is 17.8. The largest absolute Gasteiger partial charge is 0.393 e. The summed E-state index contributed by atoms with van der Waals surface area (Å²) in [6.07, 6.45) is 0.656. The summed E-state index contributed by atoms with van der Waals surface area (Å²) in [6, 6.07) is 0. The van der Waals surface area contributed by atoms with E-state index in [2.05, 4.69) is 19.9 Å². The minimum absolute atomic E-state index is 0.0132. The number of hydrogen-bond donors (Lipinski definition) is 6. The van der Waals surface area contributed by atoms with Crippen molar-refractivity contribution in [1.29, 1.82) is 0 Å². The van der Waals surface area contributed by atoms with Crippen molar-refractivity contribution in [2.75, 3.05) is 0 Å². The zero-order valence-corrected chi connectivity index (χ0v) is 31.3. The van der Waals surface area contributed by atoms with Crippen LogP contribution in [0.2, 0.25) is 0 Å². The van der Waals surface area contributed by atoms with Gasteiger partial charge in [-0.25, -0.2) is 0 Å². The number of fused-ring (bicyclic) bond motifs is 5. The molecule has 4 aliphatic carbocycles. The molecule has 3 heterocycles. The van der Waals surface area contributed by atoms with Crippen molar-refractivity contribution in [1.82, 2.24) is 0 Å². The zero-order valence-electron chi connectivity index (χ0n) is 31.3. The van der Waals surface area contributed by atoms with Crippen LogP contribution < -0.4 is 0 Å². The fraction of sp³-hybridized carbons (Fsp3) is 0.949. The average molecular weight is 725 g/mol. The van der Waals surface area contributed by atoms with Gasteiger partial charge in [0.25, 0.3) is 0 Å². The van der Waals surface area contributed by atoms with Crippen LogP contribution in [0.5, 0.6) is 0 Å². The topological polar surface area (TPSA) is 177 Å². The minimum atomic E-state index is -0.994. The molecule has 0 amide bonds. The van der Waals surface area contributed by atoms with Gasteiger partial charge in [-0.1, -0.05) is 25.5 Å². The summed E-state index contributed by atoms with van der Waals surface area (Å²) in [5.74, 6) is 0.752. The van der Waals surface area contributed by atoms with E-state index in [9.17, 15) is 30.6 Å². The maximum atomic E-state index is 12.3. The van der Waals surface area contributed by atoms with Crippen LogP contribution in [0.4, 0.5) is 0 Å². The summed E-state index contributed by atoms with van der Waals surface area (Å²) >= 11 is 0. The number of aliphatic hydroxyl groups excluding tert-OH is 5. The normalized spacial score (nSPS) is 55.3. The first-order valence-corrected chi connectivity index (χ1v) is 19.8. The highest BCUT2D eigenvalue weighted by atomic mass is 16.7. The highest BCUT2D eigenvalue weighted by Crippen LogP contribution is 2.68. The Morgan fingerprint density at radius 2 is 1.29 bits per heavy atom. The van der Waals surface area contributed by atoms with Crippen molar-refractivity contribution in [3.63, 3.8) is 0 Å². The number of ether oxygens (including phenoxy) is 6. The SMILES string of the molecule is C[C@H](O)[C@H]1CC[C@]2(O)[C@@H]3CC=C4C[C@@H](O[C@H]5C[C@H](O)[C@H](O[C@H]6C[C@H](O)[C@H](O[C@H]7C[C@H](O)[C@H](O)[C@@H](C)O7)[C@@H](C)O6)[C@@H](C)O5)CC[C@]4(C)[C@H]3CC[C@]12C. The van der Waals surface area contributed by atoms with Crippen molar-refractivity contribution in [2.45, 2.75) is 204 Å². The van der Waals surface area contributed by atoms with Crippen LogP contribution in [0.25, 0.3) is 0 Å². The molecular formula is C39H64O12. The number of allylic oxidation sites excluding steroid dienone is 1. The quantitative estimate of drug-likeness (QED) is 0.212. The molecule has 3 saturated heterocycles. The van der Waals surface area contributed by atoms with E-state index in [1.165, 1.54) is 5.57 Å². The molecule has 51 heavy (non-hydrogen) atoms. The number of aliphatic hydroxyl groups is 6. The predicted octanol–water partition coefficient (Wildman–Crippen LogP) is 3.07. The molecule has 0 unspecified atom stereocenters. The molecule has 6 fully saturated rings. The molecule has 0 radical (unpaired) electrons. The molecule has 0 spiro atoms. The van der Waals surface area contributed by atoms with Gasteiger partial charge in [0.15, 0.2) is 18.9 Å². The van der Waals surface area contributed by atoms with E-state index in [1.54, 1.807) is 13.8 Å². The molecule has 0 aromatic rings. The zero-order chi connectivity index (χ0) is 36.6. The van der Waals surface area contributed by atoms with Crippen molar-refractivity contribution in [3.05, 3.63) is 11.6 Å². The van der Waals surface area contributed by atoms with Gasteiger partial charge < -0.3 is 59.1 Å². The summed E-state index contributed by atoms with van der Waals surface area (Å²) in [5, 5.41) is 65.2. The van der Waals surface area contributed by atoms with Crippen LogP contribution in [-0.2, 0) is 28.4 Å². The lowest BCUT2D eigenvalue weighted by molar-refractivity contribution is -0.335. The maximum Gasteiger partial charge on any atom is 0.161 e. The highest BCUT2D eigenvalue weighted by Gasteiger charge is 2.67. The third-order valence-corrected chi connectivity index (χ3v) is 14.8. The Labute approximate surface area is 302 Å². The molecule has 7 rings (SSSR count). The Bertz CT molecular complexity index is 1230. The van der Waals surface area contributed by atoms with Crippen LogP contribution in [0.3, 0.4) is 0 Å². The molecule has 7 aliphatic rings. The second-order valence-corrected chi connectivity index (χ2v) is 17.8. The van der Waals surface area contributed by atoms with Gasteiger partial charge in [0.2, 0.25) is 0 Å². The van der Waals surface area contributed by atoms with Gasteiger partial charge in [-0.05, 0) is 102 Å². The Morgan fingerprint density at radius 1 is 0.725 bits per heavy atom. The van der Waals surface area contributed by atoms with E-state index < -0.39 is 85.5 Å². The molecule has 6 N–H and O–H groups in total. The summed E-state index contributed by atoms with van der Waals surface area (Å²) in [6.45, 7) is 11.8. The van der Waals surface area contributed by atoms with Gasteiger partial charge in [0.1, 0.15) is 18.3 Å². The van der Waals surface area contributed by atoms with E-state index in [-0.39, 0.29) is 48.0 Å².